The third kappa shape index (κ3) is 4.36. The molecule has 0 bridgehead atoms. The van der Waals surface area contributed by atoms with Crippen molar-refractivity contribution in [3.63, 3.8) is 0 Å². The average Bonchev–Trinajstić information content (AvgIpc) is 2.87. The molecule has 2 aromatic heterocycles. The molecule has 112 valence electrons. The van der Waals surface area contributed by atoms with Gasteiger partial charge in [0, 0.05) is 19.9 Å². The highest BCUT2D eigenvalue weighted by Crippen LogP contribution is 2.24. The third-order valence-corrected chi connectivity index (χ3v) is 3.54. The molecule has 0 saturated heterocycles. The summed E-state index contributed by atoms with van der Waals surface area (Å²) in [4.78, 5) is 24.4. The summed E-state index contributed by atoms with van der Waals surface area (Å²) in [6, 6.07) is 1.73. The molecule has 2 heterocycles. The quantitative estimate of drug-likeness (QED) is 0.638. The summed E-state index contributed by atoms with van der Waals surface area (Å²) < 4.78 is 4.93. The lowest BCUT2D eigenvalue weighted by atomic mass is 10.4. The number of rotatable bonds is 7. The first kappa shape index (κ1) is 15.1. The van der Waals surface area contributed by atoms with E-state index < -0.39 is 0 Å². The van der Waals surface area contributed by atoms with Gasteiger partial charge in [-0.25, -0.2) is 15.0 Å². The molecule has 2 rings (SSSR count). The molecule has 0 aliphatic carbocycles. The summed E-state index contributed by atoms with van der Waals surface area (Å²) in [7, 11) is 1.61. The van der Waals surface area contributed by atoms with Crippen LogP contribution in [0.1, 0.15) is 15.4 Å². The minimum Gasteiger partial charge on any atom is -0.383 e. The van der Waals surface area contributed by atoms with Crippen LogP contribution in [0, 0.1) is 0 Å². The second-order valence-corrected chi connectivity index (χ2v) is 5.04. The molecule has 0 saturated carbocycles. The minimum absolute atomic E-state index is 0.208. The Labute approximate surface area is 125 Å². The van der Waals surface area contributed by atoms with Gasteiger partial charge < -0.3 is 21.1 Å². The molecular formula is C12H16N6O2S. The van der Waals surface area contributed by atoms with Gasteiger partial charge in [-0.2, -0.15) is 0 Å². The molecule has 0 radical (unpaired) electrons. The first-order valence-corrected chi connectivity index (χ1v) is 7.04. The Morgan fingerprint density at radius 1 is 1.52 bits per heavy atom. The highest BCUT2D eigenvalue weighted by atomic mass is 32.1. The van der Waals surface area contributed by atoms with Gasteiger partial charge in [0.05, 0.1) is 18.8 Å². The number of hydrogen-bond acceptors (Lipinski definition) is 8. The summed E-state index contributed by atoms with van der Waals surface area (Å²) in [5.74, 6) is -0.0662. The number of amides is 1. The van der Waals surface area contributed by atoms with Gasteiger partial charge in [0.25, 0.3) is 5.91 Å². The predicted octanol–water partition coefficient (Wildman–Crippen LogP) is 0.504. The van der Waals surface area contributed by atoms with Crippen LogP contribution in [-0.2, 0) is 11.3 Å². The zero-order valence-corrected chi connectivity index (χ0v) is 12.3. The van der Waals surface area contributed by atoms with Crippen molar-refractivity contribution in [3.8, 4) is 0 Å². The summed E-state index contributed by atoms with van der Waals surface area (Å²) in [5, 5.41) is 6.38. The Hall–Kier alpha value is -2.26. The average molecular weight is 308 g/mol. The van der Waals surface area contributed by atoms with Crippen LogP contribution in [0.5, 0.6) is 0 Å². The first-order valence-electron chi connectivity index (χ1n) is 6.23. The number of hydrogen-bond donors (Lipinski definition) is 3. The zero-order valence-electron chi connectivity index (χ0n) is 11.5. The Balaban J connectivity index is 1.92. The molecule has 2 aromatic rings. The zero-order chi connectivity index (χ0) is 15.1. The number of nitrogen functional groups attached to an aromatic ring is 1. The van der Waals surface area contributed by atoms with Gasteiger partial charge in [0.1, 0.15) is 17.0 Å². The monoisotopic (exact) mass is 308 g/mol. The van der Waals surface area contributed by atoms with Gasteiger partial charge >= 0.3 is 0 Å². The highest BCUT2D eigenvalue weighted by molar-refractivity contribution is 7.18. The van der Waals surface area contributed by atoms with E-state index in [0.717, 1.165) is 5.69 Å². The fourth-order valence-corrected chi connectivity index (χ4v) is 2.33. The summed E-state index contributed by atoms with van der Waals surface area (Å²) in [6.07, 6.45) is 3.05. The maximum absolute atomic E-state index is 12.1. The molecular weight excluding hydrogens is 292 g/mol. The molecule has 0 fully saturated rings. The molecule has 9 heteroatoms. The maximum atomic E-state index is 12.1. The number of nitrogens with one attached hydrogen (secondary N) is 2. The van der Waals surface area contributed by atoms with E-state index in [1.54, 1.807) is 19.4 Å². The van der Waals surface area contributed by atoms with Crippen molar-refractivity contribution < 1.29 is 9.53 Å². The van der Waals surface area contributed by atoms with E-state index in [9.17, 15) is 4.79 Å². The van der Waals surface area contributed by atoms with Gasteiger partial charge in [-0.1, -0.05) is 11.3 Å². The van der Waals surface area contributed by atoms with E-state index in [1.165, 1.54) is 17.7 Å². The largest absolute Gasteiger partial charge is 0.383 e. The minimum atomic E-state index is -0.275. The van der Waals surface area contributed by atoms with Crippen LogP contribution in [0.25, 0.3) is 0 Å². The van der Waals surface area contributed by atoms with Crippen molar-refractivity contribution in [1.29, 1.82) is 0 Å². The Morgan fingerprint density at radius 2 is 2.38 bits per heavy atom. The Bertz CT molecular complexity index is 589. The van der Waals surface area contributed by atoms with E-state index >= 15 is 0 Å². The van der Waals surface area contributed by atoms with Crippen molar-refractivity contribution in [2.45, 2.75) is 6.54 Å². The number of aromatic nitrogens is 3. The van der Waals surface area contributed by atoms with Gasteiger partial charge in [-0.05, 0) is 6.07 Å². The number of nitrogens with two attached hydrogens (primary N) is 1. The van der Waals surface area contributed by atoms with Crippen molar-refractivity contribution >= 4 is 28.2 Å². The van der Waals surface area contributed by atoms with E-state index in [0.29, 0.717) is 29.7 Å². The van der Waals surface area contributed by atoms with Crippen molar-refractivity contribution in [2.75, 3.05) is 31.3 Å². The standard InChI is InChI=1S/C12H16N6O2S/c1-20-5-4-15-12-18-10(13)9(21-12)11(19)16-6-8-2-3-14-7-17-8/h2-3,7H,4-6,13H2,1H3,(H,15,18)(H,16,19). The number of thiazole rings is 1. The number of anilines is 2. The van der Waals surface area contributed by atoms with Gasteiger partial charge in [-0.15, -0.1) is 0 Å². The van der Waals surface area contributed by atoms with E-state index in [-0.39, 0.29) is 11.7 Å². The van der Waals surface area contributed by atoms with Gasteiger partial charge in [0.15, 0.2) is 5.13 Å². The second kappa shape index (κ2) is 7.50. The fraction of sp³-hybridized carbons (Fsp3) is 0.333. The predicted molar refractivity (Wildman–Crippen MR) is 80.1 cm³/mol. The van der Waals surface area contributed by atoms with Crippen LogP contribution in [0.15, 0.2) is 18.6 Å². The van der Waals surface area contributed by atoms with Crippen molar-refractivity contribution in [3.05, 3.63) is 29.2 Å². The second-order valence-electron chi connectivity index (χ2n) is 4.04. The summed E-state index contributed by atoms with van der Waals surface area (Å²) in [6.45, 7) is 1.46. The molecule has 0 spiro atoms. The summed E-state index contributed by atoms with van der Waals surface area (Å²) >= 11 is 1.21. The first-order chi connectivity index (χ1) is 10.2. The van der Waals surface area contributed by atoms with E-state index in [1.807, 2.05) is 0 Å². The molecule has 8 nitrogen and oxygen atoms in total. The van der Waals surface area contributed by atoms with Crippen molar-refractivity contribution in [1.82, 2.24) is 20.3 Å². The number of methoxy groups -OCH3 is 1. The lowest BCUT2D eigenvalue weighted by Gasteiger charge is -2.02. The lowest BCUT2D eigenvalue weighted by molar-refractivity contribution is 0.0955. The van der Waals surface area contributed by atoms with Crippen molar-refractivity contribution in [2.24, 2.45) is 0 Å². The topological polar surface area (TPSA) is 115 Å². The normalized spacial score (nSPS) is 10.3. The van der Waals surface area contributed by atoms with Crippen LogP contribution >= 0.6 is 11.3 Å². The maximum Gasteiger partial charge on any atom is 0.265 e. The Morgan fingerprint density at radius 3 is 3.10 bits per heavy atom. The lowest BCUT2D eigenvalue weighted by Crippen LogP contribution is -2.23. The number of carbonyl (C=O) groups is 1. The SMILES string of the molecule is COCCNc1nc(N)c(C(=O)NCc2ccncn2)s1. The molecule has 21 heavy (non-hydrogen) atoms. The molecule has 0 aliphatic rings. The van der Waals surface area contributed by atoms with E-state index in [2.05, 4.69) is 25.6 Å². The molecule has 0 unspecified atom stereocenters. The van der Waals surface area contributed by atoms with Crippen LogP contribution in [0.4, 0.5) is 10.9 Å². The van der Waals surface area contributed by atoms with Gasteiger partial charge in [0.2, 0.25) is 0 Å². The van der Waals surface area contributed by atoms with E-state index in [4.69, 9.17) is 10.5 Å². The molecule has 0 aromatic carbocycles. The number of nitrogens with zero attached hydrogens (tertiary/aromatic N) is 3. The Kier molecular flexibility index (Phi) is 5.41. The third-order valence-electron chi connectivity index (χ3n) is 2.52. The highest BCUT2D eigenvalue weighted by Gasteiger charge is 2.15. The van der Waals surface area contributed by atoms with Gasteiger partial charge in [-0.3, -0.25) is 4.79 Å². The summed E-state index contributed by atoms with van der Waals surface area (Å²) in [5.41, 5.74) is 6.48. The molecule has 1 amide bonds. The smallest absolute Gasteiger partial charge is 0.265 e. The van der Waals surface area contributed by atoms with Crippen LogP contribution in [-0.4, -0.2) is 41.1 Å². The molecule has 0 aliphatic heterocycles. The van der Waals surface area contributed by atoms with Crippen LogP contribution < -0.4 is 16.4 Å². The number of carbonyl (C=O) groups excluding carboxylic acids is 1. The van der Waals surface area contributed by atoms with Crippen LogP contribution in [0.2, 0.25) is 0 Å². The fourth-order valence-electron chi connectivity index (χ4n) is 1.50. The van der Waals surface area contributed by atoms with Crippen LogP contribution in [0.3, 0.4) is 0 Å². The molecule has 4 N–H and O–H groups in total. The molecule has 0 atom stereocenters. The number of ether oxygens (including phenoxy) is 1.